The average molecular weight is 447 g/mol. The van der Waals surface area contributed by atoms with E-state index in [-0.39, 0.29) is 5.70 Å². The van der Waals surface area contributed by atoms with E-state index in [1.165, 1.54) is 4.90 Å². The summed E-state index contributed by atoms with van der Waals surface area (Å²) in [6.07, 6.45) is 0. The lowest BCUT2D eigenvalue weighted by Crippen LogP contribution is -2.32. The quantitative estimate of drug-likeness (QED) is 0.489. The molecule has 0 aliphatic carbocycles. The van der Waals surface area contributed by atoms with Gasteiger partial charge in [-0.2, -0.15) is 0 Å². The van der Waals surface area contributed by atoms with Crippen molar-refractivity contribution >= 4 is 40.4 Å². The highest BCUT2D eigenvalue weighted by Crippen LogP contribution is 2.35. The number of aryl methyl sites for hydroxylation is 2. The zero-order chi connectivity index (χ0) is 22.8. The van der Waals surface area contributed by atoms with Gasteiger partial charge in [-0.05, 0) is 62.2 Å². The Morgan fingerprint density at radius 1 is 0.938 bits per heavy atom. The second-order valence-corrected chi connectivity index (χ2v) is 8.01. The molecule has 0 saturated carbocycles. The van der Waals surface area contributed by atoms with E-state index >= 15 is 0 Å². The summed E-state index contributed by atoms with van der Waals surface area (Å²) in [5.74, 6) is -0.235. The van der Waals surface area contributed by atoms with Crippen molar-refractivity contribution in [2.75, 3.05) is 16.8 Å². The van der Waals surface area contributed by atoms with E-state index in [4.69, 9.17) is 16.3 Å². The monoisotopic (exact) mass is 446 g/mol. The minimum Gasteiger partial charge on any atom is -0.494 e. The molecule has 0 radical (unpaired) electrons. The van der Waals surface area contributed by atoms with E-state index in [9.17, 15) is 9.59 Å². The van der Waals surface area contributed by atoms with Gasteiger partial charge in [0.25, 0.3) is 11.8 Å². The van der Waals surface area contributed by atoms with Crippen LogP contribution in [0, 0.1) is 13.8 Å². The Balaban J connectivity index is 1.81. The summed E-state index contributed by atoms with van der Waals surface area (Å²) in [5, 5.41) is 3.77. The highest BCUT2D eigenvalue weighted by molar-refractivity contribution is 6.46. The van der Waals surface area contributed by atoms with Crippen LogP contribution in [-0.2, 0) is 9.59 Å². The van der Waals surface area contributed by atoms with Crippen LogP contribution in [-0.4, -0.2) is 18.4 Å². The van der Waals surface area contributed by atoms with Crippen molar-refractivity contribution in [2.24, 2.45) is 0 Å². The van der Waals surface area contributed by atoms with Crippen molar-refractivity contribution in [1.82, 2.24) is 0 Å². The first kappa shape index (κ1) is 21.7. The molecule has 0 spiro atoms. The fourth-order valence-electron chi connectivity index (χ4n) is 3.73. The molecule has 3 aromatic rings. The van der Waals surface area contributed by atoms with E-state index in [0.29, 0.717) is 34.2 Å². The minimum absolute atomic E-state index is 0.228. The van der Waals surface area contributed by atoms with Crippen molar-refractivity contribution in [3.63, 3.8) is 0 Å². The van der Waals surface area contributed by atoms with Gasteiger partial charge in [0.2, 0.25) is 0 Å². The Morgan fingerprint density at radius 2 is 1.69 bits per heavy atom. The molecule has 32 heavy (non-hydrogen) atoms. The highest BCUT2D eigenvalue weighted by atomic mass is 35.5. The molecule has 0 fully saturated rings. The van der Waals surface area contributed by atoms with E-state index in [1.54, 1.807) is 48.5 Å². The van der Waals surface area contributed by atoms with Gasteiger partial charge in [0.1, 0.15) is 11.4 Å². The number of halogens is 1. The molecule has 2 amide bonds. The molecule has 1 N–H and O–H groups in total. The van der Waals surface area contributed by atoms with Crippen LogP contribution in [0.25, 0.3) is 5.57 Å². The first-order chi connectivity index (χ1) is 15.4. The first-order valence-electron chi connectivity index (χ1n) is 10.3. The van der Waals surface area contributed by atoms with Gasteiger partial charge in [-0.3, -0.25) is 9.59 Å². The van der Waals surface area contributed by atoms with Crippen molar-refractivity contribution in [3.8, 4) is 5.75 Å². The SMILES string of the molecule is CCOc1cccc(N2C(=O)C(Nc3ccc(C)cc3C)=C(c3ccc(Cl)cc3)C2=O)c1. The third-order valence-corrected chi connectivity index (χ3v) is 5.50. The van der Waals surface area contributed by atoms with Crippen molar-refractivity contribution in [1.29, 1.82) is 0 Å². The van der Waals surface area contributed by atoms with Crippen LogP contribution in [0.5, 0.6) is 5.75 Å². The molecule has 4 rings (SSSR count). The second-order valence-electron chi connectivity index (χ2n) is 7.58. The number of anilines is 2. The molecule has 0 saturated heterocycles. The summed E-state index contributed by atoms with van der Waals surface area (Å²) >= 11 is 6.05. The normalized spacial score (nSPS) is 13.7. The van der Waals surface area contributed by atoms with Gasteiger partial charge in [-0.1, -0.05) is 47.5 Å². The predicted molar refractivity (Wildman–Crippen MR) is 128 cm³/mol. The number of carbonyl (C=O) groups is 2. The van der Waals surface area contributed by atoms with Gasteiger partial charge < -0.3 is 10.1 Å². The van der Waals surface area contributed by atoms with Crippen LogP contribution < -0.4 is 15.0 Å². The van der Waals surface area contributed by atoms with E-state index in [0.717, 1.165) is 16.8 Å². The minimum atomic E-state index is -0.423. The zero-order valence-electron chi connectivity index (χ0n) is 18.1. The number of amides is 2. The first-order valence-corrected chi connectivity index (χ1v) is 10.7. The fraction of sp³-hybridized carbons (Fsp3) is 0.154. The number of nitrogens with zero attached hydrogens (tertiary/aromatic N) is 1. The Hall–Kier alpha value is -3.57. The standard InChI is InChI=1S/C26H23ClN2O3/c1-4-32-21-7-5-6-20(15-21)29-25(30)23(18-9-11-19(27)12-10-18)24(26(29)31)28-22-13-8-16(2)14-17(22)3/h5-15,28H,4H2,1-3H3. The molecule has 1 heterocycles. The molecule has 0 bridgehead atoms. The van der Waals surface area contributed by atoms with Crippen LogP contribution in [0.2, 0.25) is 5.02 Å². The third-order valence-electron chi connectivity index (χ3n) is 5.25. The number of rotatable bonds is 6. The summed E-state index contributed by atoms with van der Waals surface area (Å²) < 4.78 is 5.56. The van der Waals surface area contributed by atoms with Gasteiger partial charge in [-0.15, -0.1) is 0 Å². The second kappa shape index (κ2) is 8.89. The largest absolute Gasteiger partial charge is 0.494 e. The van der Waals surface area contributed by atoms with Gasteiger partial charge in [0.05, 0.1) is 17.9 Å². The molecular formula is C26H23ClN2O3. The number of carbonyl (C=O) groups excluding carboxylic acids is 2. The smallest absolute Gasteiger partial charge is 0.282 e. The number of imide groups is 1. The lowest BCUT2D eigenvalue weighted by Gasteiger charge is -2.17. The fourth-order valence-corrected chi connectivity index (χ4v) is 3.86. The number of benzene rings is 3. The van der Waals surface area contributed by atoms with E-state index in [1.807, 2.05) is 39.0 Å². The third kappa shape index (κ3) is 4.12. The Labute approximate surface area is 192 Å². The molecule has 6 heteroatoms. The lowest BCUT2D eigenvalue weighted by molar-refractivity contribution is -0.120. The number of hydrogen-bond donors (Lipinski definition) is 1. The van der Waals surface area contributed by atoms with Crippen LogP contribution in [0.1, 0.15) is 23.6 Å². The molecule has 0 unspecified atom stereocenters. The molecule has 1 aliphatic heterocycles. The Morgan fingerprint density at radius 3 is 2.38 bits per heavy atom. The van der Waals surface area contributed by atoms with Crippen LogP contribution >= 0.6 is 11.6 Å². The summed E-state index contributed by atoms with van der Waals surface area (Å²) in [6.45, 7) is 6.33. The van der Waals surface area contributed by atoms with E-state index in [2.05, 4.69) is 5.32 Å². The number of hydrogen-bond acceptors (Lipinski definition) is 4. The van der Waals surface area contributed by atoms with Crippen molar-refractivity contribution < 1.29 is 14.3 Å². The maximum Gasteiger partial charge on any atom is 0.282 e. The van der Waals surface area contributed by atoms with E-state index < -0.39 is 11.8 Å². The molecule has 162 valence electrons. The van der Waals surface area contributed by atoms with Crippen LogP contribution in [0.4, 0.5) is 11.4 Å². The van der Waals surface area contributed by atoms with Crippen molar-refractivity contribution in [2.45, 2.75) is 20.8 Å². The zero-order valence-corrected chi connectivity index (χ0v) is 18.9. The lowest BCUT2D eigenvalue weighted by atomic mass is 10.0. The average Bonchev–Trinajstić information content (AvgIpc) is 3.00. The van der Waals surface area contributed by atoms with Crippen LogP contribution in [0.15, 0.2) is 72.4 Å². The summed E-state index contributed by atoms with van der Waals surface area (Å²) in [4.78, 5) is 28.3. The Kier molecular flexibility index (Phi) is 6.01. The Bertz CT molecular complexity index is 1230. The topological polar surface area (TPSA) is 58.6 Å². The molecule has 3 aromatic carbocycles. The van der Waals surface area contributed by atoms with Crippen LogP contribution in [0.3, 0.4) is 0 Å². The van der Waals surface area contributed by atoms with Gasteiger partial charge >= 0.3 is 0 Å². The maximum absolute atomic E-state index is 13.5. The molecule has 0 atom stereocenters. The predicted octanol–water partition coefficient (Wildman–Crippen LogP) is 5.75. The highest BCUT2D eigenvalue weighted by Gasteiger charge is 2.40. The van der Waals surface area contributed by atoms with Gasteiger partial charge in [0.15, 0.2) is 0 Å². The molecule has 5 nitrogen and oxygen atoms in total. The number of ether oxygens (including phenoxy) is 1. The molecular weight excluding hydrogens is 424 g/mol. The van der Waals surface area contributed by atoms with Gasteiger partial charge in [0, 0.05) is 16.8 Å². The summed E-state index contributed by atoms with van der Waals surface area (Å²) in [5.41, 5.74) is 4.45. The number of nitrogens with one attached hydrogen (secondary N) is 1. The molecule has 1 aliphatic rings. The summed E-state index contributed by atoms with van der Waals surface area (Å²) in [6, 6.07) is 19.8. The summed E-state index contributed by atoms with van der Waals surface area (Å²) in [7, 11) is 0. The van der Waals surface area contributed by atoms with Gasteiger partial charge in [-0.25, -0.2) is 4.90 Å². The maximum atomic E-state index is 13.5. The van der Waals surface area contributed by atoms with Crippen molar-refractivity contribution in [3.05, 3.63) is 94.1 Å². The molecule has 0 aromatic heterocycles.